The predicted octanol–water partition coefficient (Wildman–Crippen LogP) is 3.17. The van der Waals surface area contributed by atoms with Gasteiger partial charge < -0.3 is 0 Å². The lowest BCUT2D eigenvalue weighted by Gasteiger charge is -2.16. The third-order valence-electron chi connectivity index (χ3n) is 3.68. The van der Waals surface area contributed by atoms with E-state index in [-0.39, 0.29) is 27.6 Å². The number of carbonyl (C=O) groups excluding carboxylic acids is 2. The van der Waals surface area contributed by atoms with Crippen LogP contribution in [-0.2, 0) is 6.42 Å². The maximum Gasteiger partial charge on any atom is 0.292 e. The smallest absolute Gasteiger partial charge is 0.288 e. The van der Waals surface area contributed by atoms with Gasteiger partial charge in [0, 0.05) is 6.20 Å². The van der Waals surface area contributed by atoms with E-state index in [1.54, 1.807) is 6.07 Å². The van der Waals surface area contributed by atoms with E-state index >= 15 is 0 Å². The lowest BCUT2D eigenvalue weighted by Crippen LogP contribution is -2.23. The fourth-order valence-electron chi connectivity index (χ4n) is 2.60. The maximum atomic E-state index is 12.7. The monoisotopic (exact) mass is 316 g/mol. The summed E-state index contributed by atoms with van der Waals surface area (Å²) in [4.78, 5) is 39.8. The SMILES string of the molecule is CCCCc1ccnc2c1C(=O)c1scc([N+](=O)[O-])c1C2=O. The minimum atomic E-state index is -0.632. The predicted molar refractivity (Wildman–Crippen MR) is 80.7 cm³/mol. The minimum absolute atomic E-state index is 0.0348. The molecule has 0 unspecified atom stereocenters. The van der Waals surface area contributed by atoms with Crippen LogP contribution in [0.3, 0.4) is 0 Å². The first-order valence-corrected chi connectivity index (χ1v) is 7.77. The molecular formula is C15H12N2O4S. The zero-order valence-electron chi connectivity index (χ0n) is 11.8. The highest BCUT2D eigenvalue weighted by molar-refractivity contribution is 7.13. The number of hydrogen-bond donors (Lipinski definition) is 0. The van der Waals surface area contributed by atoms with Crippen molar-refractivity contribution >= 4 is 28.6 Å². The van der Waals surface area contributed by atoms with Gasteiger partial charge in [0.2, 0.25) is 11.6 Å². The van der Waals surface area contributed by atoms with Crippen LogP contribution in [0.5, 0.6) is 0 Å². The Morgan fingerprint density at radius 3 is 2.73 bits per heavy atom. The van der Waals surface area contributed by atoms with E-state index < -0.39 is 10.7 Å². The number of rotatable bonds is 4. The summed E-state index contributed by atoms with van der Waals surface area (Å²) in [6.07, 6.45) is 4.03. The first-order chi connectivity index (χ1) is 10.6. The van der Waals surface area contributed by atoms with Crippen LogP contribution in [0, 0.1) is 10.1 Å². The van der Waals surface area contributed by atoms with E-state index in [2.05, 4.69) is 4.98 Å². The van der Waals surface area contributed by atoms with Crippen LogP contribution >= 0.6 is 11.3 Å². The third-order valence-corrected chi connectivity index (χ3v) is 4.65. The fourth-order valence-corrected chi connectivity index (χ4v) is 3.56. The van der Waals surface area contributed by atoms with E-state index in [1.165, 1.54) is 11.6 Å². The minimum Gasteiger partial charge on any atom is -0.288 e. The molecule has 6 nitrogen and oxygen atoms in total. The van der Waals surface area contributed by atoms with Crippen LogP contribution in [0.25, 0.3) is 0 Å². The summed E-state index contributed by atoms with van der Waals surface area (Å²) < 4.78 is 0. The molecule has 2 aromatic rings. The second-order valence-corrected chi connectivity index (χ2v) is 5.92. The van der Waals surface area contributed by atoms with Crippen molar-refractivity contribution in [2.24, 2.45) is 0 Å². The number of carbonyl (C=O) groups is 2. The summed E-state index contributed by atoms with van der Waals surface area (Å²) >= 11 is 0.948. The molecule has 0 amide bonds. The highest BCUT2D eigenvalue weighted by atomic mass is 32.1. The fraction of sp³-hybridized carbons (Fsp3) is 0.267. The molecule has 0 radical (unpaired) electrons. The number of aryl methyl sites for hydroxylation is 1. The van der Waals surface area contributed by atoms with Crippen LogP contribution in [0.4, 0.5) is 5.69 Å². The van der Waals surface area contributed by atoms with Crippen molar-refractivity contribution in [2.75, 3.05) is 0 Å². The van der Waals surface area contributed by atoms with Gasteiger partial charge in [0.15, 0.2) is 0 Å². The highest BCUT2D eigenvalue weighted by Crippen LogP contribution is 2.38. The molecule has 2 aromatic heterocycles. The molecule has 112 valence electrons. The van der Waals surface area contributed by atoms with Gasteiger partial charge in [-0.15, -0.1) is 11.3 Å². The molecule has 2 heterocycles. The van der Waals surface area contributed by atoms with Gasteiger partial charge in [-0.25, -0.2) is 0 Å². The van der Waals surface area contributed by atoms with Gasteiger partial charge in [-0.1, -0.05) is 13.3 Å². The summed E-state index contributed by atoms with van der Waals surface area (Å²) in [5.74, 6) is -0.863. The zero-order valence-corrected chi connectivity index (χ0v) is 12.6. The lowest BCUT2D eigenvalue weighted by atomic mass is 9.88. The molecule has 1 aliphatic rings. The Morgan fingerprint density at radius 1 is 1.27 bits per heavy atom. The number of nitrogens with zero attached hydrogens (tertiary/aromatic N) is 2. The molecule has 0 atom stereocenters. The van der Waals surface area contributed by atoms with Crippen molar-refractivity contribution in [3.63, 3.8) is 0 Å². The molecule has 0 aliphatic heterocycles. The van der Waals surface area contributed by atoms with Crippen molar-refractivity contribution in [1.82, 2.24) is 4.98 Å². The molecule has 0 aromatic carbocycles. The van der Waals surface area contributed by atoms with Gasteiger partial charge in [0.1, 0.15) is 11.3 Å². The number of pyridine rings is 1. The average molecular weight is 316 g/mol. The van der Waals surface area contributed by atoms with Gasteiger partial charge in [-0.2, -0.15) is 0 Å². The number of ketones is 2. The van der Waals surface area contributed by atoms with E-state index in [0.29, 0.717) is 12.0 Å². The number of thiophene rings is 1. The summed E-state index contributed by atoms with van der Waals surface area (Å²) in [7, 11) is 0. The molecular weight excluding hydrogens is 304 g/mol. The zero-order chi connectivity index (χ0) is 15.9. The molecule has 0 N–H and O–H groups in total. The summed E-state index contributed by atoms with van der Waals surface area (Å²) in [6, 6.07) is 1.74. The van der Waals surface area contributed by atoms with Gasteiger partial charge in [-0.05, 0) is 24.5 Å². The number of hydrogen-bond acceptors (Lipinski definition) is 6. The molecule has 3 rings (SSSR count). The summed E-state index contributed by atoms with van der Waals surface area (Å²) in [5.41, 5.74) is 0.696. The quantitative estimate of drug-likeness (QED) is 0.544. The van der Waals surface area contributed by atoms with E-state index in [0.717, 1.165) is 29.7 Å². The second kappa shape index (κ2) is 5.42. The number of aromatic nitrogens is 1. The largest absolute Gasteiger partial charge is 0.292 e. The number of unbranched alkanes of at least 4 members (excludes halogenated alkanes) is 1. The van der Waals surface area contributed by atoms with Gasteiger partial charge in [-0.3, -0.25) is 24.7 Å². The first-order valence-electron chi connectivity index (χ1n) is 6.89. The summed E-state index contributed by atoms with van der Waals surface area (Å²) in [6.45, 7) is 2.04. The Balaban J connectivity index is 2.19. The Labute approximate surface area is 130 Å². The van der Waals surface area contributed by atoms with Crippen molar-refractivity contribution in [3.8, 4) is 0 Å². The van der Waals surface area contributed by atoms with Crippen LogP contribution < -0.4 is 0 Å². The Bertz CT molecular complexity index is 810. The lowest BCUT2D eigenvalue weighted by molar-refractivity contribution is -0.384. The van der Waals surface area contributed by atoms with E-state index in [1.807, 2.05) is 6.92 Å². The highest BCUT2D eigenvalue weighted by Gasteiger charge is 2.39. The molecule has 0 fully saturated rings. The molecule has 0 spiro atoms. The third kappa shape index (κ3) is 2.05. The Kier molecular flexibility index (Phi) is 3.58. The second-order valence-electron chi connectivity index (χ2n) is 5.04. The van der Waals surface area contributed by atoms with Crippen LogP contribution in [0.1, 0.15) is 56.6 Å². The molecule has 1 aliphatic carbocycles. The normalized spacial score (nSPS) is 13.0. The molecule has 0 saturated carbocycles. The van der Waals surface area contributed by atoms with Crippen LogP contribution in [0.15, 0.2) is 17.6 Å². The van der Waals surface area contributed by atoms with Crippen molar-refractivity contribution < 1.29 is 14.5 Å². The van der Waals surface area contributed by atoms with E-state index in [4.69, 9.17) is 0 Å². The Hall–Kier alpha value is -2.41. The topological polar surface area (TPSA) is 90.2 Å². The van der Waals surface area contributed by atoms with Gasteiger partial charge in [0.25, 0.3) is 5.69 Å². The number of nitro groups is 1. The standard InChI is InChI=1S/C15H12N2O4S/c1-2-3-4-8-5-6-16-12-10(8)14(19)15-11(13(12)18)9(7-22-15)17(20)21/h5-7H,2-4H2,1H3. The number of fused-ring (bicyclic) bond motifs is 2. The average Bonchev–Trinajstić information content (AvgIpc) is 2.95. The molecule has 7 heteroatoms. The van der Waals surface area contributed by atoms with Crippen molar-refractivity contribution in [3.05, 3.63) is 55.0 Å². The van der Waals surface area contributed by atoms with Gasteiger partial charge in [0.05, 0.1) is 20.7 Å². The molecule has 22 heavy (non-hydrogen) atoms. The first kappa shape index (κ1) is 14.5. The summed E-state index contributed by atoms with van der Waals surface area (Å²) in [5, 5.41) is 12.3. The van der Waals surface area contributed by atoms with Crippen LogP contribution in [0.2, 0.25) is 0 Å². The van der Waals surface area contributed by atoms with Crippen molar-refractivity contribution in [2.45, 2.75) is 26.2 Å². The van der Waals surface area contributed by atoms with Gasteiger partial charge >= 0.3 is 0 Å². The van der Waals surface area contributed by atoms with Crippen LogP contribution in [-0.4, -0.2) is 21.5 Å². The molecule has 0 bridgehead atoms. The maximum absolute atomic E-state index is 12.7. The molecule has 0 saturated heterocycles. The Morgan fingerprint density at radius 2 is 2.05 bits per heavy atom. The van der Waals surface area contributed by atoms with E-state index in [9.17, 15) is 19.7 Å². The van der Waals surface area contributed by atoms with Crippen molar-refractivity contribution in [1.29, 1.82) is 0 Å².